The van der Waals surface area contributed by atoms with E-state index in [2.05, 4.69) is 10.6 Å². The van der Waals surface area contributed by atoms with E-state index >= 15 is 0 Å². The molecule has 1 aliphatic carbocycles. The van der Waals surface area contributed by atoms with Crippen molar-refractivity contribution in [1.82, 2.24) is 10.6 Å². The van der Waals surface area contributed by atoms with E-state index in [1.54, 1.807) is 0 Å². The Labute approximate surface area is 98.8 Å². The Hall–Kier alpha value is -1.43. The predicted octanol–water partition coefficient (Wildman–Crippen LogP) is -0.0886. The van der Waals surface area contributed by atoms with Crippen LogP contribution >= 0.6 is 0 Å². The van der Waals surface area contributed by atoms with E-state index in [9.17, 15) is 14.4 Å². The maximum absolute atomic E-state index is 12.0. The highest BCUT2D eigenvalue weighted by Gasteiger charge is 2.55. The average molecular weight is 240 g/mol. The van der Waals surface area contributed by atoms with Gasteiger partial charge in [0.15, 0.2) is 0 Å². The molecule has 1 saturated carbocycles. The van der Waals surface area contributed by atoms with Crippen molar-refractivity contribution in [3.05, 3.63) is 0 Å². The Morgan fingerprint density at radius 3 is 2.12 bits per heavy atom. The lowest BCUT2D eigenvalue weighted by atomic mass is 9.69. The summed E-state index contributed by atoms with van der Waals surface area (Å²) in [6.45, 7) is -0.245. The first-order chi connectivity index (χ1) is 8.11. The van der Waals surface area contributed by atoms with Gasteiger partial charge < -0.3 is 5.11 Å². The van der Waals surface area contributed by atoms with Gasteiger partial charge in [0.05, 0.1) is 0 Å². The Bertz CT molecular complexity index is 340. The van der Waals surface area contributed by atoms with Gasteiger partial charge in [0.25, 0.3) is 0 Å². The van der Waals surface area contributed by atoms with Crippen molar-refractivity contribution in [2.45, 2.75) is 32.1 Å². The summed E-state index contributed by atoms with van der Waals surface area (Å²) in [4.78, 5) is 35.1. The highest BCUT2D eigenvalue weighted by molar-refractivity contribution is 6.19. The van der Waals surface area contributed by atoms with E-state index in [-0.39, 0.29) is 18.9 Å². The van der Waals surface area contributed by atoms with E-state index < -0.39 is 23.3 Å². The van der Waals surface area contributed by atoms with Crippen molar-refractivity contribution >= 4 is 17.8 Å². The smallest absolute Gasteiger partial charge is 0.328 e. The van der Waals surface area contributed by atoms with E-state index in [4.69, 9.17) is 5.11 Å². The summed E-state index contributed by atoms with van der Waals surface area (Å²) >= 11 is 0. The molecule has 1 aliphatic heterocycles. The maximum Gasteiger partial charge on any atom is 0.328 e. The molecule has 94 valence electrons. The van der Waals surface area contributed by atoms with Gasteiger partial charge in [-0.05, 0) is 25.2 Å². The zero-order valence-corrected chi connectivity index (χ0v) is 9.49. The zero-order valence-electron chi connectivity index (χ0n) is 9.49. The second kappa shape index (κ2) is 4.44. The summed E-state index contributed by atoms with van der Waals surface area (Å²) in [5, 5.41) is 13.4. The molecule has 0 atom stereocenters. The number of barbiturate groups is 1. The lowest BCUT2D eigenvalue weighted by Crippen LogP contribution is -2.64. The van der Waals surface area contributed by atoms with Crippen molar-refractivity contribution in [3.8, 4) is 0 Å². The number of rotatable bonds is 3. The molecule has 2 fully saturated rings. The van der Waals surface area contributed by atoms with Gasteiger partial charge in [-0.15, -0.1) is 0 Å². The van der Waals surface area contributed by atoms with Gasteiger partial charge in [0, 0.05) is 6.61 Å². The number of hydrogen-bond acceptors (Lipinski definition) is 4. The van der Waals surface area contributed by atoms with Crippen molar-refractivity contribution in [1.29, 1.82) is 0 Å². The quantitative estimate of drug-likeness (QED) is 0.601. The fourth-order valence-corrected chi connectivity index (χ4v) is 2.96. The van der Waals surface area contributed by atoms with E-state index in [1.165, 1.54) is 0 Å². The minimum atomic E-state index is -1.26. The third-order valence-electron chi connectivity index (χ3n) is 3.82. The molecule has 1 saturated heterocycles. The van der Waals surface area contributed by atoms with Crippen LogP contribution in [-0.4, -0.2) is 29.6 Å². The van der Waals surface area contributed by atoms with Crippen LogP contribution in [0.5, 0.6) is 0 Å². The van der Waals surface area contributed by atoms with Gasteiger partial charge in [0.1, 0.15) is 5.41 Å². The van der Waals surface area contributed by atoms with Crippen molar-refractivity contribution in [2.24, 2.45) is 11.3 Å². The molecule has 0 aromatic heterocycles. The first-order valence-corrected chi connectivity index (χ1v) is 5.89. The lowest BCUT2D eigenvalue weighted by Gasteiger charge is -2.38. The lowest BCUT2D eigenvalue weighted by molar-refractivity contribution is -0.149. The number of urea groups is 1. The monoisotopic (exact) mass is 240 g/mol. The maximum atomic E-state index is 12.0. The predicted molar refractivity (Wildman–Crippen MR) is 57.8 cm³/mol. The molecule has 0 spiro atoms. The van der Waals surface area contributed by atoms with Gasteiger partial charge >= 0.3 is 6.03 Å². The van der Waals surface area contributed by atoms with Crippen LogP contribution in [0.4, 0.5) is 4.79 Å². The van der Waals surface area contributed by atoms with E-state index in [0.717, 1.165) is 25.7 Å². The Morgan fingerprint density at radius 1 is 1.12 bits per heavy atom. The number of carbonyl (C=O) groups excluding carboxylic acids is 3. The van der Waals surface area contributed by atoms with E-state index in [1.807, 2.05) is 0 Å². The molecule has 0 aromatic carbocycles. The summed E-state index contributed by atoms with van der Waals surface area (Å²) in [5.74, 6) is -1.21. The fraction of sp³-hybridized carbons (Fsp3) is 0.727. The first kappa shape index (κ1) is 12.0. The van der Waals surface area contributed by atoms with Crippen LogP contribution in [0.3, 0.4) is 0 Å². The van der Waals surface area contributed by atoms with Crippen LogP contribution in [0.2, 0.25) is 0 Å². The number of aliphatic hydroxyl groups is 1. The molecule has 2 rings (SSSR count). The third kappa shape index (κ3) is 1.82. The highest BCUT2D eigenvalue weighted by Crippen LogP contribution is 2.43. The van der Waals surface area contributed by atoms with Crippen molar-refractivity contribution in [2.75, 3.05) is 6.61 Å². The third-order valence-corrected chi connectivity index (χ3v) is 3.82. The van der Waals surface area contributed by atoms with Crippen LogP contribution < -0.4 is 10.6 Å². The molecule has 4 amide bonds. The molecular weight excluding hydrogens is 224 g/mol. The van der Waals surface area contributed by atoms with Gasteiger partial charge in [-0.2, -0.15) is 0 Å². The Balaban J connectivity index is 2.33. The zero-order chi connectivity index (χ0) is 12.5. The number of amides is 4. The van der Waals surface area contributed by atoms with Crippen LogP contribution in [0.25, 0.3) is 0 Å². The van der Waals surface area contributed by atoms with Crippen molar-refractivity contribution in [3.63, 3.8) is 0 Å². The molecule has 17 heavy (non-hydrogen) atoms. The summed E-state index contributed by atoms with van der Waals surface area (Å²) in [5.41, 5.74) is -1.26. The molecule has 0 radical (unpaired) electrons. The SMILES string of the molecule is O=C1NC(=O)C(CCO)(C2CCCC2)C(=O)N1. The standard InChI is InChI=1S/C11H16N2O4/c14-6-5-11(7-3-1-2-4-7)8(15)12-10(17)13-9(11)16/h7,14H,1-6H2,(H2,12,13,15,16,17). The second-order valence-corrected chi connectivity index (χ2v) is 4.66. The van der Waals surface area contributed by atoms with Crippen LogP contribution in [0, 0.1) is 11.3 Å². The minimum Gasteiger partial charge on any atom is -0.396 e. The van der Waals surface area contributed by atoms with Crippen LogP contribution in [-0.2, 0) is 9.59 Å². The molecule has 6 heteroatoms. The topological polar surface area (TPSA) is 95.5 Å². The number of nitrogens with one attached hydrogen (secondary N) is 2. The van der Waals surface area contributed by atoms with Crippen molar-refractivity contribution < 1.29 is 19.5 Å². The van der Waals surface area contributed by atoms with Gasteiger partial charge in [-0.1, -0.05) is 12.8 Å². The first-order valence-electron chi connectivity index (χ1n) is 5.89. The highest BCUT2D eigenvalue weighted by atomic mass is 16.3. The Kier molecular flexibility index (Phi) is 3.15. The second-order valence-electron chi connectivity index (χ2n) is 4.66. The summed E-state index contributed by atoms with van der Waals surface area (Å²) in [7, 11) is 0. The Morgan fingerprint density at radius 2 is 1.65 bits per heavy atom. The normalized spacial score (nSPS) is 24.6. The van der Waals surface area contributed by atoms with Gasteiger partial charge in [0.2, 0.25) is 11.8 Å². The number of imide groups is 2. The summed E-state index contributed by atoms with van der Waals surface area (Å²) in [6.07, 6.45) is 3.60. The summed E-state index contributed by atoms with van der Waals surface area (Å²) in [6, 6.07) is -0.772. The largest absolute Gasteiger partial charge is 0.396 e. The summed E-state index contributed by atoms with van der Waals surface area (Å²) < 4.78 is 0. The molecule has 0 unspecified atom stereocenters. The molecule has 0 aromatic rings. The minimum absolute atomic E-state index is 0.0720. The fourth-order valence-electron chi connectivity index (χ4n) is 2.96. The number of hydrogen-bond donors (Lipinski definition) is 3. The van der Waals surface area contributed by atoms with Gasteiger partial charge in [-0.3, -0.25) is 20.2 Å². The molecule has 6 nitrogen and oxygen atoms in total. The van der Waals surface area contributed by atoms with Crippen LogP contribution in [0.1, 0.15) is 32.1 Å². The molecule has 3 N–H and O–H groups in total. The molecule has 0 bridgehead atoms. The number of aliphatic hydroxyl groups excluding tert-OH is 1. The van der Waals surface area contributed by atoms with Crippen LogP contribution in [0.15, 0.2) is 0 Å². The van der Waals surface area contributed by atoms with Gasteiger partial charge in [-0.25, -0.2) is 4.79 Å². The molecular formula is C11H16N2O4. The average Bonchev–Trinajstić information content (AvgIpc) is 2.77. The molecule has 2 aliphatic rings. The number of carbonyl (C=O) groups is 3. The molecule has 1 heterocycles. The van der Waals surface area contributed by atoms with E-state index in [0.29, 0.717) is 0 Å².